The van der Waals surface area contributed by atoms with E-state index in [0.29, 0.717) is 6.04 Å². The van der Waals surface area contributed by atoms with Crippen molar-refractivity contribution < 1.29 is 0 Å². The van der Waals surface area contributed by atoms with Gasteiger partial charge in [-0.15, -0.1) is 0 Å². The SMILES string of the molecule is Cc1ccc(N(Cc2cccc(N)c2)C2CC2)c(C#N)c1. The molecule has 0 radical (unpaired) electrons. The molecule has 2 aromatic carbocycles. The van der Waals surface area contributed by atoms with Gasteiger partial charge in [0.05, 0.1) is 11.3 Å². The van der Waals surface area contributed by atoms with Crippen molar-refractivity contribution in [3.63, 3.8) is 0 Å². The number of nitriles is 1. The number of hydrogen-bond donors (Lipinski definition) is 1. The van der Waals surface area contributed by atoms with Crippen molar-refractivity contribution in [2.75, 3.05) is 10.6 Å². The maximum Gasteiger partial charge on any atom is 0.101 e. The van der Waals surface area contributed by atoms with Crippen LogP contribution in [0, 0.1) is 18.3 Å². The Morgan fingerprint density at radius 3 is 2.71 bits per heavy atom. The Hall–Kier alpha value is -2.47. The Bertz CT molecular complexity index is 696. The molecule has 3 nitrogen and oxygen atoms in total. The van der Waals surface area contributed by atoms with Crippen LogP contribution in [-0.4, -0.2) is 6.04 Å². The molecule has 0 aromatic heterocycles. The lowest BCUT2D eigenvalue weighted by Gasteiger charge is -2.26. The zero-order valence-corrected chi connectivity index (χ0v) is 12.2. The summed E-state index contributed by atoms with van der Waals surface area (Å²) in [6.07, 6.45) is 2.39. The standard InChI is InChI=1S/C18H19N3/c1-13-5-8-18(15(9-13)11-19)21(17-6-7-17)12-14-3-2-4-16(20)10-14/h2-5,8-10,17H,6-7,12,20H2,1H3. The molecule has 106 valence electrons. The number of benzene rings is 2. The summed E-state index contributed by atoms with van der Waals surface area (Å²) in [6.45, 7) is 2.82. The smallest absolute Gasteiger partial charge is 0.101 e. The average molecular weight is 277 g/mol. The lowest BCUT2D eigenvalue weighted by molar-refractivity contribution is 0.793. The van der Waals surface area contributed by atoms with Crippen molar-refractivity contribution in [2.24, 2.45) is 0 Å². The summed E-state index contributed by atoms with van der Waals surface area (Å²) in [6, 6.07) is 17.0. The highest BCUT2D eigenvalue weighted by atomic mass is 15.2. The van der Waals surface area contributed by atoms with Gasteiger partial charge in [0.25, 0.3) is 0 Å². The molecular weight excluding hydrogens is 258 g/mol. The second-order valence-corrected chi connectivity index (χ2v) is 5.74. The number of nitrogen functional groups attached to an aromatic ring is 1. The summed E-state index contributed by atoms with van der Waals surface area (Å²) in [5, 5.41) is 9.41. The molecule has 0 bridgehead atoms. The second kappa shape index (κ2) is 5.49. The summed E-state index contributed by atoms with van der Waals surface area (Å²) in [7, 11) is 0. The van der Waals surface area contributed by atoms with Crippen LogP contribution in [0.5, 0.6) is 0 Å². The highest BCUT2D eigenvalue weighted by Gasteiger charge is 2.30. The molecule has 0 aliphatic heterocycles. The fraction of sp³-hybridized carbons (Fsp3) is 0.278. The normalized spacial score (nSPS) is 13.7. The van der Waals surface area contributed by atoms with Crippen LogP contribution < -0.4 is 10.6 Å². The van der Waals surface area contributed by atoms with Gasteiger partial charge in [-0.2, -0.15) is 5.26 Å². The first-order chi connectivity index (χ1) is 10.2. The van der Waals surface area contributed by atoms with E-state index in [0.717, 1.165) is 29.0 Å². The molecule has 0 heterocycles. The van der Waals surface area contributed by atoms with Crippen LogP contribution >= 0.6 is 0 Å². The van der Waals surface area contributed by atoms with Gasteiger partial charge in [-0.1, -0.05) is 18.2 Å². The fourth-order valence-corrected chi connectivity index (χ4v) is 2.68. The van der Waals surface area contributed by atoms with E-state index in [1.165, 1.54) is 18.4 Å². The van der Waals surface area contributed by atoms with Gasteiger partial charge in [0, 0.05) is 18.3 Å². The third-order valence-electron chi connectivity index (χ3n) is 3.87. The van der Waals surface area contributed by atoms with E-state index in [1.54, 1.807) is 0 Å². The van der Waals surface area contributed by atoms with E-state index < -0.39 is 0 Å². The Balaban J connectivity index is 1.94. The predicted molar refractivity (Wildman–Crippen MR) is 86.0 cm³/mol. The van der Waals surface area contributed by atoms with Crippen molar-refractivity contribution in [3.8, 4) is 6.07 Å². The molecule has 3 rings (SSSR count). The zero-order valence-electron chi connectivity index (χ0n) is 12.2. The third kappa shape index (κ3) is 3.00. The quantitative estimate of drug-likeness (QED) is 0.868. The molecule has 1 saturated carbocycles. The lowest BCUT2D eigenvalue weighted by Crippen LogP contribution is -2.26. The Morgan fingerprint density at radius 2 is 2.05 bits per heavy atom. The highest BCUT2D eigenvalue weighted by Crippen LogP contribution is 2.35. The van der Waals surface area contributed by atoms with Crippen LogP contribution in [0.2, 0.25) is 0 Å². The molecule has 0 saturated heterocycles. The number of rotatable bonds is 4. The molecule has 1 fully saturated rings. The summed E-state index contributed by atoms with van der Waals surface area (Å²) < 4.78 is 0. The Kier molecular flexibility index (Phi) is 3.53. The number of anilines is 2. The number of hydrogen-bond acceptors (Lipinski definition) is 3. The fourth-order valence-electron chi connectivity index (χ4n) is 2.68. The van der Waals surface area contributed by atoms with Crippen molar-refractivity contribution in [2.45, 2.75) is 32.4 Å². The van der Waals surface area contributed by atoms with Crippen LogP contribution in [0.3, 0.4) is 0 Å². The first-order valence-corrected chi connectivity index (χ1v) is 7.29. The first kappa shape index (κ1) is 13.5. The minimum Gasteiger partial charge on any atom is -0.399 e. The van der Waals surface area contributed by atoms with Gasteiger partial charge in [-0.3, -0.25) is 0 Å². The largest absolute Gasteiger partial charge is 0.399 e. The third-order valence-corrected chi connectivity index (χ3v) is 3.87. The van der Waals surface area contributed by atoms with Crippen molar-refractivity contribution in [1.82, 2.24) is 0 Å². The first-order valence-electron chi connectivity index (χ1n) is 7.29. The monoisotopic (exact) mass is 277 g/mol. The predicted octanol–water partition coefficient (Wildman–Crippen LogP) is 3.62. The maximum absolute atomic E-state index is 9.41. The van der Waals surface area contributed by atoms with Gasteiger partial charge in [0.1, 0.15) is 6.07 Å². The van der Waals surface area contributed by atoms with Gasteiger partial charge in [0.2, 0.25) is 0 Å². The van der Waals surface area contributed by atoms with Crippen molar-refractivity contribution >= 4 is 11.4 Å². The van der Waals surface area contributed by atoms with E-state index in [-0.39, 0.29) is 0 Å². The molecule has 0 amide bonds. The average Bonchev–Trinajstić information content (AvgIpc) is 3.29. The lowest BCUT2D eigenvalue weighted by atomic mass is 10.1. The summed E-state index contributed by atoms with van der Waals surface area (Å²) in [5.74, 6) is 0. The minimum atomic E-state index is 0.543. The van der Waals surface area contributed by atoms with E-state index >= 15 is 0 Å². The molecule has 3 heteroatoms. The molecule has 1 aliphatic rings. The highest BCUT2D eigenvalue weighted by molar-refractivity contribution is 5.62. The number of aryl methyl sites for hydroxylation is 1. The van der Waals surface area contributed by atoms with Crippen LogP contribution in [0.4, 0.5) is 11.4 Å². The summed E-state index contributed by atoms with van der Waals surface area (Å²) in [4.78, 5) is 2.34. The Morgan fingerprint density at radius 1 is 1.24 bits per heavy atom. The van der Waals surface area contributed by atoms with Crippen molar-refractivity contribution in [1.29, 1.82) is 5.26 Å². The van der Waals surface area contributed by atoms with E-state index in [4.69, 9.17) is 5.73 Å². The summed E-state index contributed by atoms with van der Waals surface area (Å²) >= 11 is 0. The molecule has 0 unspecified atom stereocenters. The second-order valence-electron chi connectivity index (χ2n) is 5.74. The molecule has 0 spiro atoms. The zero-order chi connectivity index (χ0) is 14.8. The van der Waals surface area contributed by atoms with Crippen LogP contribution in [0.25, 0.3) is 0 Å². The van der Waals surface area contributed by atoms with Crippen LogP contribution in [0.15, 0.2) is 42.5 Å². The molecule has 2 N–H and O–H groups in total. The van der Waals surface area contributed by atoms with E-state index in [1.807, 2.05) is 31.2 Å². The van der Waals surface area contributed by atoms with Crippen LogP contribution in [-0.2, 0) is 6.54 Å². The molecular formula is C18H19N3. The van der Waals surface area contributed by atoms with E-state index in [2.05, 4.69) is 29.2 Å². The van der Waals surface area contributed by atoms with Gasteiger partial charge in [0.15, 0.2) is 0 Å². The van der Waals surface area contributed by atoms with Crippen LogP contribution in [0.1, 0.15) is 29.5 Å². The number of nitrogens with two attached hydrogens (primary N) is 1. The topological polar surface area (TPSA) is 53.0 Å². The summed E-state index contributed by atoms with van der Waals surface area (Å²) in [5.41, 5.74) is 10.8. The molecule has 0 atom stereocenters. The van der Waals surface area contributed by atoms with Gasteiger partial charge < -0.3 is 10.6 Å². The Labute approximate surface area is 125 Å². The molecule has 2 aromatic rings. The molecule has 1 aliphatic carbocycles. The van der Waals surface area contributed by atoms with Gasteiger partial charge in [-0.25, -0.2) is 0 Å². The molecule has 21 heavy (non-hydrogen) atoms. The van der Waals surface area contributed by atoms with Gasteiger partial charge >= 0.3 is 0 Å². The van der Waals surface area contributed by atoms with E-state index in [9.17, 15) is 5.26 Å². The number of nitrogens with zero attached hydrogens (tertiary/aromatic N) is 2. The minimum absolute atomic E-state index is 0.543. The van der Waals surface area contributed by atoms with Crippen molar-refractivity contribution in [3.05, 3.63) is 59.2 Å². The maximum atomic E-state index is 9.41. The van der Waals surface area contributed by atoms with Gasteiger partial charge in [-0.05, 0) is 55.2 Å².